The Balaban J connectivity index is 2.42. The van der Waals surface area contributed by atoms with Gasteiger partial charge in [-0.25, -0.2) is 14.4 Å². The fourth-order valence-electron chi connectivity index (χ4n) is 1.87. The van der Waals surface area contributed by atoms with Crippen LogP contribution in [0.15, 0.2) is 52.2 Å². The highest BCUT2D eigenvalue weighted by Crippen LogP contribution is 2.25. The van der Waals surface area contributed by atoms with Crippen molar-refractivity contribution in [1.29, 1.82) is 0 Å². The smallest absolute Gasteiger partial charge is 0.254 e. The van der Waals surface area contributed by atoms with Gasteiger partial charge in [-0.3, -0.25) is 4.99 Å². The van der Waals surface area contributed by atoms with E-state index in [9.17, 15) is 4.39 Å². The van der Waals surface area contributed by atoms with E-state index in [-0.39, 0.29) is 11.8 Å². The summed E-state index contributed by atoms with van der Waals surface area (Å²) in [7, 11) is 1.68. The second-order valence-corrected chi connectivity index (χ2v) is 4.67. The average molecular weight is 327 g/mol. The zero-order valence-electron chi connectivity index (χ0n) is 13.5. The standard InChI is InChI=1S/C17H18FN5O/c1-3-14(8-9-20-2)24-16-10-15(22-17(23-16)21-11-19)12-4-6-13(18)7-5-12/h4-11H,3H2,1-2H3,(H2,19,21,22,23)/b14-8+,20-9?. The van der Waals surface area contributed by atoms with Gasteiger partial charge in [0.2, 0.25) is 5.88 Å². The second-order valence-electron chi connectivity index (χ2n) is 4.67. The van der Waals surface area contributed by atoms with Crippen molar-refractivity contribution in [3.8, 4) is 17.1 Å². The number of ether oxygens (including phenoxy) is 1. The predicted molar refractivity (Wildman–Crippen MR) is 93.2 cm³/mol. The number of nitrogens with zero attached hydrogens (tertiary/aromatic N) is 4. The molecule has 0 aliphatic carbocycles. The number of aromatic nitrogens is 2. The summed E-state index contributed by atoms with van der Waals surface area (Å²) in [5.41, 5.74) is 6.59. The molecule has 24 heavy (non-hydrogen) atoms. The van der Waals surface area contributed by atoms with Crippen LogP contribution >= 0.6 is 0 Å². The number of hydrogen-bond acceptors (Lipinski definition) is 5. The minimum absolute atomic E-state index is 0.161. The Morgan fingerprint density at radius 2 is 2.04 bits per heavy atom. The molecule has 124 valence electrons. The van der Waals surface area contributed by atoms with Gasteiger partial charge in [-0.15, -0.1) is 0 Å². The Bertz CT molecular complexity index is 769. The van der Waals surface area contributed by atoms with Gasteiger partial charge in [-0.1, -0.05) is 6.92 Å². The van der Waals surface area contributed by atoms with E-state index in [4.69, 9.17) is 10.5 Å². The molecule has 0 aliphatic heterocycles. The number of halogens is 1. The van der Waals surface area contributed by atoms with E-state index in [0.29, 0.717) is 29.3 Å². The van der Waals surface area contributed by atoms with Gasteiger partial charge in [-0.2, -0.15) is 4.98 Å². The second kappa shape index (κ2) is 8.52. The molecule has 0 fully saturated rings. The van der Waals surface area contributed by atoms with Crippen molar-refractivity contribution in [2.45, 2.75) is 13.3 Å². The number of aliphatic imine (C=N–C) groups is 2. The third-order valence-corrected chi connectivity index (χ3v) is 3.01. The highest BCUT2D eigenvalue weighted by atomic mass is 19.1. The van der Waals surface area contributed by atoms with Crippen molar-refractivity contribution >= 4 is 18.5 Å². The zero-order chi connectivity index (χ0) is 17.4. The summed E-state index contributed by atoms with van der Waals surface area (Å²) in [4.78, 5) is 16.3. The quantitative estimate of drug-likeness (QED) is 0.501. The molecule has 1 aromatic carbocycles. The van der Waals surface area contributed by atoms with Crippen LogP contribution in [-0.2, 0) is 0 Å². The molecule has 0 aliphatic rings. The highest BCUT2D eigenvalue weighted by Gasteiger charge is 2.09. The fraction of sp³-hybridized carbons (Fsp3) is 0.176. The largest absolute Gasteiger partial charge is 0.443 e. The van der Waals surface area contributed by atoms with Gasteiger partial charge in [-0.05, 0) is 30.3 Å². The maximum atomic E-state index is 13.1. The Morgan fingerprint density at radius 1 is 1.29 bits per heavy atom. The number of benzene rings is 1. The average Bonchev–Trinajstić information content (AvgIpc) is 2.59. The SMILES string of the molecule is CC/C(=C\C=NC)Oc1cc(-c2ccc(F)cc2)nc(/N=C\N)n1. The van der Waals surface area contributed by atoms with E-state index in [1.807, 2.05) is 6.92 Å². The van der Waals surface area contributed by atoms with Crippen LogP contribution in [0.25, 0.3) is 11.3 Å². The highest BCUT2D eigenvalue weighted by molar-refractivity contribution is 5.71. The molecule has 0 saturated heterocycles. The first-order chi connectivity index (χ1) is 11.7. The molecule has 0 unspecified atom stereocenters. The van der Waals surface area contributed by atoms with Crippen molar-refractivity contribution < 1.29 is 9.13 Å². The molecule has 0 bridgehead atoms. The molecule has 7 heteroatoms. The first-order valence-corrected chi connectivity index (χ1v) is 7.34. The zero-order valence-corrected chi connectivity index (χ0v) is 13.5. The number of hydrogen-bond donors (Lipinski definition) is 1. The fourth-order valence-corrected chi connectivity index (χ4v) is 1.87. The first kappa shape index (κ1) is 17.3. The van der Waals surface area contributed by atoms with Crippen molar-refractivity contribution in [3.05, 3.63) is 48.0 Å². The molecule has 0 saturated carbocycles. The first-order valence-electron chi connectivity index (χ1n) is 7.34. The van der Waals surface area contributed by atoms with Crippen LogP contribution in [0.2, 0.25) is 0 Å². The molecule has 2 aromatic rings. The third-order valence-electron chi connectivity index (χ3n) is 3.01. The Morgan fingerprint density at radius 3 is 2.67 bits per heavy atom. The lowest BCUT2D eigenvalue weighted by Gasteiger charge is -2.09. The van der Waals surface area contributed by atoms with Gasteiger partial charge in [0.25, 0.3) is 5.95 Å². The molecule has 2 rings (SSSR count). The molecule has 0 atom stereocenters. The molecule has 0 radical (unpaired) electrons. The van der Waals surface area contributed by atoms with Crippen molar-refractivity contribution in [1.82, 2.24) is 9.97 Å². The number of rotatable bonds is 6. The molecule has 0 spiro atoms. The minimum atomic E-state index is -0.320. The van der Waals surface area contributed by atoms with Gasteiger partial charge >= 0.3 is 0 Å². The van der Waals surface area contributed by atoms with E-state index >= 15 is 0 Å². The van der Waals surface area contributed by atoms with E-state index in [1.54, 1.807) is 37.5 Å². The third kappa shape index (κ3) is 4.70. The molecule has 6 nitrogen and oxygen atoms in total. The Hall–Kier alpha value is -3.09. The van der Waals surface area contributed by atoms with Crippen LogP contribution in [0, 0.1) is 5.82 Å². The van der Waals surface area contributed by atoms with Crippen LogP contribution in [0.4, 0.5) is 10.3 Å². The van der Waals surface area contributed by atoms with Crippen LogP contribution < -0.4 is 10.5 Å². The number of allylic oxidation sites excluding steroid dienone is 2. The maximum Gasteiger partial charge on any atom is 0.254 e. The molecule has 0 amide bonds. The lowest BCUT2D eigenvalue weighted by atomic mass is 10.1. The van der Waals surface area contributed by atoms with Crippen LogP contribution in [0.5, 0.6) is 5.88 Å². The molecule has 1 heterocycles. The van der Waals surface area contributed by atoms with Gasteiger partial charge in [0.05, 0.1) is 12.0 Å². The van der Waals surface area contributed by atoms with Crippen LogP contribution in [-0.4, -0.2) is 29.6 Å². The van der Waals surface area contributed by atoms with Crippen molar-refractivity contribution in [3.63, 3.8) is 0 Å². The Kier molecular flexibility index (Phi) is 6.13. The normalized spacial score (nSPS) is 12.2. The summed E-state index contributed by atoms with van der Waals surface area (Å²) in [5, 5.41) is 0. The summed E-state index contributed by atoms with van der Waals surface area (Å²) < 4.78 is 18.9. The summed E-state index contributed by atoms with van der Waals surface area (Å²) in [6.07, 6.45) is 5.16. The predicted octanol–water partition coefficient (Wildman–Crippen LogP) is 3.27. The van der Waals surface area contributed by atoms with Gasteiger partial charge in [0, 0.05) is 31.3 Å². The van der Waals surface area contributed by atoms with E-state index in [2.05, 4.69) is 20.0 Å². The van der Waals surface area contributed by atoms with E-state index in [1.165, 1.54) is 12.1 Å². The van der Waals surface area contributed by atoms with E-state index in [0.717, 1.165) is 6.34 Å². The lowest BCUT2D eigenvalue weighted by Crippen LogP contribution is -1.99. The molecule has 2 N–H and O–H groups in total. The summed E-state index contributed by atoms with van der Waals surface area (Å²) in [6, 6.07) is 7.63. The lowest BCUT2D eigenvalue weighted by molar-refractivity contribution is 0.394. The molecule has 1 aromatic heterocycles. The van der Waals surface area contributed by atoms with E-state index < -0.39 is 0 Å². The monoisotopic (exact) mass is 327 g/mol. The van der Waals surface area contributed by atoms with Gasteiger partial charge in [0.1, 0.15) is 11.6 Å². The molecular formula is C17H18FN5O. The summed E-state index contributed by atoms with van der Waals surface area (Å²) >= 11 is 0. The van der Waals surface area contributed by atoms with Crippen molar-refractivity contribution in [2.24, 2.45) is 15.7 Å². The maximum absolute atomic E-state index is 13.1. The van der Waals surface area contributed by atoms with Gasteiger partial charge in [0.15, 0.2) is 0 Å². The summed E-state index contributed by atoms with van der Waals surface area (Å²) in [6.45, 7) is 1.95. The molecular weight excluding hydrogens is 309 g/mol. The topological polar surface area (TPSA) is 85.8 Å². The summed E-state index contributed by atoms with van der Waals surface area (Å²) in [5.74, 6) is 0.850. The van der Waals surface area contributed by atoms with Gasteiger partial charge < -0.3 is 10.5 Å². The van der Waals surface area contributed by atoms with Crippen LogP contribution in [0.1, 0.15) is 13.3 Å². The number of nitrogens with two attached hydrogens (primary N) is 1. The van der Waals surface area contributed by atoms with Crippen molar-refractivity contribution in [2.75, 3.05) is 7.05 Å². The Labute approximate surface area is 139 Å². The van der Waals surface area contributed by atoms with Crippen LogP contribution in [0.3, 0.4) is 0 Å². The minimum Gasteiger partial charge on any atom is -0.443 e.